The third-order valence-corrected chi connectivity index (χ3v) is 6.01. The molecule has 1 aliphatic rings. The van der Waals surface area contributed by atoms with Crippen molar-refractivity contribution in [1.29, 1.82) is 0 Å². The molecule has 0 fully saturated rings. The third-order valence-electron chi connectivity index (χ3n) is 6.01. The molecule has 1 amide bonds. The largest absolute Gasteiger partial charge is 0.332 e. The minimum atomic E-state index is -0.184. The zero-order valence-electron chi connectivity index (χ0n) is 17.7. The molecule has 33 heavy (non-hydrogen) atoms. The summed E-state index contributed by atoms with van der Waals surface area (Å²) < 4.78 is 1.46. The Balaban J connectivity index is 1.30. The van der Waals surface area contributed by atoms with Crippen LogP contribution in [0, 0.1) is 0 Å². The van der Waals surface area contributed by atoms with Gasteiger partial charge in [-0.2, -0.15) is 5.10 Å². The fourth-order valence-corrected chi connectivity index (χ4v) is 4.28. The molecule has 5 aromatic rings. The highest BCUT2D eigenvalue weighted by molar-refractivity contribution is 5.93. The molecule has 2 aromatic carbocycles. The molecular weight excluding hydrogens is 416 g/mol. The molecule has 6 rings (SSSR count). The Morgan fingerprint density at radius 1 is 0.939 bits per heavy atom. The van der Waals surface area contributed by atoms with Crippen molar-refractivity contribution in [1.82, 2.24) is 29.7 Å². The van der Waals surface area contributed by atoms with E-state index in [0.717, 1.165) is 22.5 Å². The lowest BCUT2D eigenvalue weighted by molar-refractivity contribution is 0.0726. The van der Waals surface area contributed by atoms with Gasteiger partial charge in [0.05, 0.1) is 29.2 Å². The van der Waals surface area contributed by atoms with Crippen LogP contribution in [0.1, 0.15) is 21.7 Å². The van der Waals surface area contributed by atoms with Gasteiger partial charge in [-0.1, -0.05) is 60.7 Å². The van der Waals surface area contributed by atoms with Crippen molar-refractivity contribution in [3.63, 3.8) is 0 Å². The normalized spacial score (nSPS) is 13.3. The minimum absolute atomic E-state index is 0.177. The summed E-state index contributed by atoms with van der Waals surface area (Å²) in [6.45, 7) is 0.701. The predicted molar refractivity (Wildman–Crippen MR) is 124 cm³/mol. The first kappa shape index (κ1) is 19.2. The van der Waals surface area contributed by atoms with Gasteiger partial charge in [0.25, 0.3) is 11.5 Å². The number of hydrogen-bond acceptors (Lipinski definition) is 4. The van der Waals surface area contributed by atoms with Gasteiger partial charge in [0, 0.05) is 24.6 Å². The maximum atomic E-state index is 13.2. The second-order valence-corrected chi connectivity index (χ2v) is 8.08. The lowest BCUT2D eigenvalue weighted by Crippen LogP contribution is -2.40. The number of nitrogens with one attached hydrogen (secondary N) is 2. The minimum Gasteiger partial charge on any atom is -0.332 e. The molecule has 1 aliphatic heterocycles. The number of aromatic nitrogens is 5. The Bertz CT molecular complexity index is 1530. The van der Waals surface area contributed by atoms with E-state index in [4.69, 9.17) is 4.98 Å². The number of nitrogens with zero attached hydrogens (tertiary/aromatic N) is 4. The lowest BCUT2D eigenvalue weighted by Gasteiger charge is -2.27. The van der Waals surface area contributed by atoms with E-state index in [1.54, 1.807) is 11.0 Å². The highest BCUT2D eigenvalue weighted by atomic mass is 16.2. The van der Waals surface area contributed by atoms with Crippen molar-refractivity contribution in [2.75, 3.05) is 6.54 Å². The highest BCUT2D eigenvalue weighted by Crippen LogP contribution is 2.22. The molecule has 0 saturated heterocycles. The van der Waals surface area contributed by atoms with Crippen LogP contribution in [0.3, 0.4) is 0 Å². The number of H-pyrrole nitrogens is 2. The average Bonchev–Trinajstić information content (AvgIpc) is 3.53. The van der Waals surface area contributed by atoms with E-state index in [2.05, 4.69) is 15.3 Å². The average molecular weight is 436 g/mol. The van der Waals surface area contributed by atoms with Crippen LogP contribution in [0.5, 0.6) is 0 Å². The summed E-state index contributed by atoms with van der Waals surface area (Å²) in [6.07, 6.45) is 0.526. The number of rotatable bonds is 3. The predicted octanol–water partition coefficient (Wildman–Crippen LogP) is 3.28. The number of aromatic amines is 2. The van der Waals surface area contributed by atoms with Gasteiger partial charge < -0.3 is 4.90 Å². The lowest BCUT2D eigenvalue weighted by atomic mass is 10.1. The molecule has 0 atom stereocenters. The van der Waals surface area contributed by atoms with E-state index in [-0.39, 0.29) is 18.0 Å². The first-order valence-corrected chi connectivity index (χ1v) is 10.8. The molecule has 0 saturated carbocycles. The number of carbonyl (C=O) groups excluding carboxylic acids is 1. The fraction of sp³-hybridized carbons (Fsp3) is 0.120. The quantitative estimate of drug-likeness (QED) is 0.453. The second-order valence-electron chi connectivity index (χ2n) is 8.08. The number of carbonyl (C=O) groups is 1. The molecule has 8 heteroatoms. The maximum Gasteiger partial charge on any atom is 0.277 e. The van der Waals surface area contributed by atoms with Gasteiger partial charge in [0.15, 0.2) is 5.65 Å². The summed E-state index contributed by atoms with van der Waals surface area (Å²) in [4.78, 5) is 32.8. The Labute approximate surface area is 188 Å². The summed E-state index contributed by atoms with van der Waals surface area (Å²) in [7, 11) is 0. The number of hydrogen-bond donors (Lipinski definition) is 2. The Kier molecular flexibility index (Phi) is 4.43. The van der Waals surface area contributed by atoms with Gasteiger partial charge in [0.2, 0.25) is 0 Å². The van der Waals surface area contributed by atoms with Crippen LogP contribution in [0.15, 0.2) is 77.6 Å². The van der Waals surface area contributed by atoms with E-state index in [0.29, 0.717) is 35.6 Å². The van der Waals surface area contributed by atoms with E-state index in [9.17, 15) is 9.59 Å². The van der Waals surface area contributed by atoms with E-state index in [1.807, 2.05) is 66.7 Å². The molecule has 0 unspecified atom stereocenters. The Hall–Kier alpha value is -4.46. The van der Waals surface area contributed by atoms with Crippen LogP contribution in [0.2, 0.25) is 0 Å². The molecule has 162 valence electrons. The van der Waals surface area contributed by atoms with E-state index in [1.165, 1.54) is 4.52 Å². The zero-order valence-corrected chi connectivity index (χ0v) is 17.7. The summed E-state index contributed by atoms with van der Waals surface area (Å²) in [5.74, 6) is -0.184. The second kappa shape index (κ2) is 7.59. The first-order valence-electron chi connectivity index (χ1n) is 10.8. The van der Waals surface area contributed by atoms with Crippen molar-refractivity contribution in [2.24, 2.45) is 0 Å². The standard InChI is InChI=1S/C25H20N6O2/c32-24-18-15-30(25(33)22-13-20(27-28-22)16-7-3-1-4-8-16)12-11-19(18)26-23-14-21(29-31(23)24)17-9-5-2-6-10-17/h1-10,13-14,29H,11-12,15H2,(H,27,28). The number of fused-ring (bicyclic) bond motifs is 2. The van der Waals surface area contributed by atoms with Gasteiger partial charge in [-0.15, -0.1) is 0 Å². The van der Waals surface area contributed by atoms with Crippen molar-refractivity contribution < 1.29 is 4.79 Å². The monoisotopic (exact) mass is 436 g/mol. The fourth-order valence-electron chi connectivity index (χ4n) is 4.28. The van der Waals surface area contributed by atoms with Gasteiger partial charge >= 0.3 is 0 Å². The summed E-state index contributed by atoms with van der Waals surface area (Å²) in [5, 5.41) is 10.3. The van der Waals surface area contributed by atoms with Gasteiger partial charge in [-0.3, -0.25) is 19.8 Å². The molecule has 0 bridgehead atoms. The summed E-state index contributed by atoms with van der Waals surface area (Å²) in [6, 6.07) is 23.1. The van der Waals surface area contributed by atoms with Crippen molar-refractivity contribution in [3.8, 4) is 22.5 Å². The van der Waals surface area contributed by atoms with Crippen LogP contribution in [-0.2, 0) is 13.0 Å². The molecule has 2 N–H and O–H groups in total. The summed E-state index contributed by atoms with van der Waals surface area (Å²) in [5.41, 5.74) is 5.53. The van der Waals surface area contributed by atoms with Gasteiger partial charge in [0.1, 0.15) is 5.69 Å². The van der Waals surface area contributed by atoms with Crippen molar-refractivity contribution in [2.45, 2.75) is 13.0 Å². The Morgan fingerprint density at radius 2 is 1.67 bits per heavy atom. The molecule has 4 heterocycles. The SMILES string of the molecule is O=C(c1cc(-c2ccccc2)n[nH]1)N1CCc2nc3cc(-c4ccccc4)[nH]n3c(=O)c2C1. The highest BCUT2D eigenvalue weighted by Gasteiger charge is 2.27. The maximum absolute atomic E-state index is 13.2. The smallest absolute Gasteiger partial charge is 0.277 e. The summed E-state index contributed by atoms with van der Waals surface area (Å²) >= 11 is 0. The van der Waals surface area contributed by atoms with Crippen LogP contribution in [0.4, 0.5) is 0 Å². The molecule has 3 aromatic heterocycles. The number of benzene rings is 2. The van der Waals surface area contributed by atoms with Crippen molar-refractivity contribution >= 4 is 11.6 Å². The molecule has 8 nitrogen and oxygen atoms in total. The third kappa shape index (κ3) is 3.32. The topological polar surface area (TPSA) is 99.2 Å². The van der Waals surface area contributed by atoms with Crippen LogP contribution < -0.4 is 5.56 Å². The molecule has 0 spiro atoms. The Morgan fingerprint density at radius 3 is 2.42 bits per heavy atom. The molecular formula is C25H20N6O2. The van der Waals surface area contributed by atoms with Gasteiger partial charge in [-0.05, 0) is 11.6 Å². The first-order chi connectivity index (χ1) is 16.2. The van der Waals surface area contributed by atoms with Crippen LogP contribution >= 0.6 is 0 Å². The zero-order chi connectivity index (χ0) is 22.4. The van der Waals surface area contributed by atoms with Crippen molar-refractivity contribution in [3.05, 3.63) is 100 Å². The van der Waals surface area contributed by atoms with Crippen LogP contribution in [-0.4, -0.2) is 42.1 Å². The molecule has 0 radical (unpaired) electrons. The number of amides is 1. The van der Waals surface area contributed by atoms with E-state index < -0.39 is 0 Å². The molecule has 0 aliphatic carbocycles. The van der Waals surface area contributed by atoms with Crippen LogP contribution in [0.25, 0.3) is 28.2 Å². The van der Waals surface area contributed by atoms with Gasteiger partial charge in [-0.25, -0.2) is 9.50 Å². The van der Waals surface area contributed by atoms with E-state index >= 15 is 0 Å².